The third-order valence-corrected chi connectivity index (χ3v) is 4.20. The van der Waals surface area contributed by atoms with Gasteiger partial charge in [0, 0.05) is 41.2 Å². The Hall–Kier alpha value is -0.110. The Morgan fingerprint density at radius 1 is 1.10 bits per heavy atom. The van der Waals surface area contributed by atoms with E-state index in [1.54, 1.807) is 12.1 Å². The zero-order valence-electron chi connectivity index (χ0n) is 10.7. The summed E-state index contributed by atoms with van der Waals surface area (Å²) in [6, 6.07) is 4.73. The highest BCUT2D eigenvalue weighted by Crippen LogP contribution is 2.36. The van der Waals surface area contributed by atoms with Gasteiger partial charge in [-0.2, -0.15) is 13.2 Å². The Bertz CT molecular complexity index is 439. The smallest absolute Gasteiger partial charge is 0.314 e. The molecule has 0 amide bonds. The van der Waals surface area contributed by atoms with E-state index in [1.165, 1.54) is 0 Å². The van der Waals surface area contributed by atoms with Crippen LogP contribution in [0.2, 0.25) is 0 Å². The van der Waals surface area contributed by atoms with Crippen molar-refractivity contribution >= 4 is 31.9 Å². The van der Waals surface area contributed by atoms with Crippen LogP contribution < -0.4 is 5.32 Å². The molecule has 1 N–H and O–H groups in total. The summed E-state index contributed by atoms with van der Waals surface area (Å²) in [7, 11) is 0. The number of benzene rings is 1. The fraction of sp³-hybridized carbons (Fsp3) is 0.538. The largest absolute Gasteiger partial charge is 0.390 e. The van der Waals surface area contributed by atoms with E-state index in [1.807, 2.05) is 11.0 Å². The van der Waals surface area contributed by atoms with Crippen molar-refractivity contribution in [2.45, 2.75) is 18.6 Å². The monoisotopic (exact) mass is 414 g/mol. The van der Waals surface area contributed by atoms with Gasteiger partial charge in [-0.1, -0.05) is 31.9 Å². The molecule has 2 nitrogen and oxygen atoms in total. The van der Waals surface area contributed by atoms with Crippen molar-refractivity contribution in [3.63, 3.8) is 0 Å². The second-order valence-electron chi connectivity index (χ2n) is 4.82. The molecule has 112 valence electrons. The fourth-order valence-corrected chi connectivity index (χ4v) is 3.77. The van der Waals surface area contributed by atoms with E-state index >= 15 is 0 Å². The molecule has 0 aliphatic carbocycles. The zero-order valence-corrected chi connectivity index (χ0v) is 13.9. The standard InChI is InChI=1S/C13H15Br2F3N2/c14-10-5-9(6-11(15)7-10)12(8-13(16,17)18)20-3-1-19-2-4-20/h5-7,12,19H,1-4,8H2/t12-/m0/s1. The predicted molar refractivity (Wildman–Crippen MR) is 79.7 cm³/mol. The second-order valence-corrected chi connectivity index (χ2v) is 6.66. The molecule has 1 heterocycles. The number of hydrogen-bond acceptors (Lipinski definition) is 2. The number of hydrogen-bond donors (Lipinski definition) is 1. The molecule has 1 atom stereocenters. The van der Waals surface area contributed by atoms with E-state index in [4.69, 9.17) is 0 Å². The Kier molecular flexibility index (Phi) is 5.50. The zero-order chi connectivity index (χ0) is 14.8. The highest BCUT2D eigenvalue weighted by Gasteiger charge is 2.36. The van der Waals surface area contributed by atoms with Crippen molar-refractivity contribution in [2.75, 3.05) is 26.2 Å². The van der Waals surface area contributed by atoms with Gasteiger partial charge in [-0.3, -0.25) is 4.90 Å². The van der Waals surface area contributed by atoms with Crippen molar-refractivity contribution in [3.05, 3.63) is 32.7 Å². The van der Waals surface area contributed by atoms with Gasteiger partial charge < -0.3 is 5.32 Å². The maximum absolute atomic E-state index is 12.9. The van der Waals surface area contributed by atoms with E-state index in [2.05, 4.69) is 37.2 Å². The fourth-order valence-electron chi connectivity index (χ4n) is 2.44. The van der Waals surface area contributed by atoms with Crippen LogP contribution >= 0.6 is 31.9 Å². The molecule has 1 aromatic rings. The molecular formula is C13H15Br2F3N2. The highest BCUT2D eigenvalue weighted by atomic mass is 79.9. The lowest BCUT2D eigenvalue weighted by molar-refractivity contribution is -0.148. The molecule has 1 aliphatic rings. The minimum absolute atomic E-state index is 0.630. The van der Waals surface area contributed by atoms with E-state index in [0.717, 1.165) is 22.0 Å². The van der Waals surface area contributed by atoms with Crippen molar-refractivity contribution in [1.82, 2.24) is 10.2 Å². The van der Waals surface area contributed by atoms with Crippen LogP contribution in [0, 0.1) is 0 Å². The van der Waals surface area contributed by atoms with Gasteiger partial charge in [0.2, 0.25) is 0 Å². The minimum atomic E-state index is -4.18. The van der Waals surface area contributed by atoms with Gasteiger partial charge in [-0.25, -0.2) is 0 Å². The van der Waals surface area contributed by atoms with E-state index < -0.39 is 18.6 Å². The van der Waals surface area contributed by atoms with Gasteiger partial charge in [0.1, 0.15) is 0 Å². The average Bonchev–Trinajstić information content (AvgIpc) is 2.35. The molecule has 1 saturated heterocycles. The Morgan fingerprint density at radius 3 is 2.15 bits per heavy atom. The number of nitrogens with one attached hydrogen (secondary N) is 1. The molecule has 2 rings (SSSR count). The van der Waals surface area contributed by atoms with E-state index in [-0.39, 0.29) is 0 Å². The van der Waals surface area contributed by atoms with Crippen molar-refractivity contribution < 1.29 is 13.2 Å². The van der Waals surface area contributed by atoms with Gasteiger partial charge in [-0.05, 0) is 23.8 Å². The summed E-state index contributed by atoms with van der Waals surface area (Å²) in [5, 5.41) is 3.17. The normalized spacial score (nSPS) is 19.1. The van der Waals surface area contributed by atoms with Gasteiger partial charge in [0.15, 0.2) is 0 Å². The van der Waals surface area contributed by atoms with Crippen LogP contribution in [0.1, 0.15) is 18.0 Å². The highest BCUT2D eigenvalue weighted by molar-refractivity contribution is 9.11. The lowest BCUT2D eigenvalue weighted by Gasteiger charge is -2.35. The maximum Gasteiger partial charge on any atom is 0.390 e. The number of halogens is 5. The van der Waals surface area contributed by atoms with Crippen molar-refractivity contribution in [1.29, 1.82) is 0 Å². The van der Waals surface area contributed by atoms with E-state index in [9.17, 15) is 13.2 Å². The molecule has 7 heteroatoms. The summed E-state index contributed by atoms with van der Waals surface area (Å²) in [6.45, 7) is 2.71. The van der Waals surface area contributed by atoms with Crippen molar-refractivity contribution in [3.8, 4) is 0 Å². The number of rotatable bonds is 3. The van der Waals surface area contributed by atoms with Gasteiger partial charge in [-0.15, -0.1) is 0 Å². The Balaban J connectivity index is 2.29. The maximum atomic E-state index is 12.9. The SMILES string of the molecule is FC(F)(F)C[C@@H](c1cc(Br)cc(Br)c1)N1CCNCC1. The second kappa shape index (κ2) is 6.77. The number of piperazine rings is 1. The van der Waals surface area contributed by atoms with Gasteiger partial charge in [0.05, 0.1) is 6.42 Å². The lowest BCUT2D eigenvalue weighted by Crippen LogP contribution is -2.46. The quantitative estimate of drug-likeness (QED) is 0.799. The number of alkyl halides is 3. The molecular weight excluding hydrogens is 401 g/mol. The molecule has 1 aromatic carbocycles. The summed E-state index contributed by atoms with van der Waals surface area (Å²) in [6.07, 6.45) is -5.00. The summed E-state index contributed by atoms with van der Waals surface area (Å²) in [4.78, 5) is 1.90. The summed E-state index contributed by atoms with van der Waals surface area (Å²) < 4.78 is 40.2. The van der Waals surface area contributed by atoms with Gasteiger partial charge in [0.25, 0.3) is 0 Å². The Morgan fingerprint density at radius 2 is 1.65 bits per heavy atom. The molecule has 0 radical (unpaired) electrons. The summed E-state index contributed by atoms with van der Waals surface area (Å²) in [5.74, 6) is 0. The van der Waals surface area contributed by atoms with Crippen LogP contribution in [0.15, 0.2) is 27.1 Å². The van der Waals surface area contributed by atoms with Crippen LogP contribution in [0.4, 0.5) is 13.2 Å². The van der Waals surface area contributed by atoms with Crippen LogP contribution in [0.25, 0.3) is 0 Å². The first-order valence-electron chi connectivity index (χ1n) is 6.33. The predicted octanol–water partition coefficient (Wildman–Crippen LogP) is 4.11. The Labute approximate surface area is 133 Å². The molecule has 0 aromatic heterocycles. The van der Waals surface area contributed by atoms with Crippen LogP contribution in [-0.2, 0) is 0 Å². The summed E-state index contributed by atoms with van der Waals surface area (Å²) in [5.41, 5.74) is 0.686. The molecule has 0 bridgehead atoms. The number of nitrogens with zero attached hydrogens (tertiary/aromatic N) is 1. The lowest BCUT2D eigenvalue weighted by atomic mass is 10.0. The van der Waals surface area contributed by atoms with Crippen LogP contribution in [0.3, 0.4) is 0 Å². The molecule has 0 unspecified atom stereocenters. The minimum Gasteiger partial charge on any atom is -0.314 e. The van der Waals surface area contributed by atoms with Crippen LogP contribution in [0.5, 0.6) is 0 Å². The third-order valence-electron chi connectivity index (χ3n) is 3.29. The molecule has 0 spiro atoms. The van der Waals surface area contributed by atoms with Crippen LogP contribution in [-0.4, -0.2) is 37.3 Å². The molecule has 0 saturated carbocycles. The first-order chi connectivity index (χ1) is 9.35. The molecule has 20 heavy (non-hydrogen) atoms. The van der Waals surface area contributed by atoms with Gasteiger partial charge >= 0.3 is 6.18 Å². The third kappa shape index (κ3) is 4.72. The molecule has 1 fully saturated rings. The molecule has 1 aliphatic heterocycles. The van der Waals surface area contributed by atoms with Crippen molar-refractivity contribution in [2.24, 2.45) is 0 Å². The first-order valence-corrected chi connectivity index (χ1v) is 7.91. The average molecular weight is 416 g/mol. The first kappa shape index (κ1) is 16.3. The topological polar surface area (TPSA) is 15.3 Å². The van der Waals surface area contributed by atoms with E-state index in [0.29, 0.717) is 18.7 Å². The summed E-state index contributed by atoms with van der Waals surface area (Å²) >= 11 is 6.69.